The Bertz CT molecular complexity index is 293. The Balaban J connectivity index is 2.54. The summed E-state index contributed by atoms with van der Waals surface area (Å²) in [4.78, 5) is 22.6. The number of carbonyl (C=O) groups is 2. The van der Waals surface area contributed by atoms with Crippen LogP contribution >= 0.6 is 0 Å². The number of amides is 1. The van der Waals surface area contributed by atoms with Crippen LogP contribution < -0.4 is 10.6 Å². The molecule has 0 spiro atoms. The van der Waals surface area contributed by atoms with Gasteiger partial charge in [0.15, 0.2) is 6.04 Å². The summed E-state index contributed by atoms with van der Waals surface area (Å²) in [5.74, 6) is -1.14. The number of carbonyl (C=O) groups excluding carboxylic acids is 1. The molecule has 1 heterocycles. The van der Waals surface area contributed by atoms with E-state index in [4.69, 9.17) is 5.11 Å². The summed E-state index contributed by atoms with van der Waals surface area (Å²) in [5.41, 5.74) is 0. The van der Waals surface area contributed by atoms with Gasteiger partial charge in [-0.15, -0.1) is 0 Å². The molecule has 0 aromatic rings. The van der Waals surface area contributed by atoms with Gasteiger partial charge in [-0.25, -0.2) is 4.79 Å². The van der Waals surface area contributed by atoms with Gasteiger partial charge in [-0.3, -0.25) is 4.79 Å². The summed E-state index contributed by atoms with van der Waals surface area (Å²) < 4.78 is 0. The average molecular weight is 244 g/mol. The number of hydrogen-bond acceptors (Lipinski definition) is 4. The van der Waals surface area contributed by atoms with Crippen molar-refractivity contribution in [2.24, 2.45) is 5.92 Å². The number of nitrogens with one attached hydrogen (secondary N) is 2. The molecule has 0 saturated carbocycles. The Morgan fingerprint density at radius 3 is 2.59 bits per heavy atom. The molecule has 1 fully saturated rings. The van der Waals surface area contributed by atoms with E-state index >= 15 is 0 Å². The number of aliphatic hydroxyl groups is 1. The van der Waals surface area contributed by atoms with E-state index in [0.29, 0.717) is 12.3 Å². The summed E-state index contributed by atoms with van der Waals surface area (Å²) in [5, 5.41) is 23.5. The minimum absolute atomic E-state index is 0.357. The van der Waals surface area contributed by atoms with Gasteiger partial charge in [0.25, 0.3) is 0 Å². The zero-order chi connectivity index (χ0) is 13.0. The fourth-order valence-electron chi connectivity index (χ4n) is 1.95. The third-order valence-corrected chi connectivity index (χ3v) is 3.03. The Morgan fingerprint density at radius 2 is 2.12 bits per heavy atom. The molecule has 0 aliphatic carbocycles. The number of aliphatic carboxylic acids is 1. The van der Waals surface area contributed by atoms with Crippen LogP contribution in [-0.2, 0) is 9.59 Å². The summed E-state index contributed by atoms with van der Waals surface area (Å²) in [7, 11) is 0. The SMILES string of the molecule is CC1CCNC(C(=O)N[C@H](C(=O)O)[C@@H](C)O)C1. The van der Waals surface area contributed by atoms with Crippen LogP contribution in [0.5, 0.6) is 0 Å². The maximum absolute atomic E-state index is 11.8. The lowest BCUT2D eigenvalue weighted by atomic mass is 9.93. The first-order chi connectivity index (χ1) is 7.91. The molecule has 1 saturated heterocycles. The summed E-state index contributed by atoms with van der Waals surface area (Å²) in [6.45, 7) is 4.16. The molecule has 1 aliphatic heterocycles. The van der Waals surface area contributed by atoms with E-state index in [1.807, 2.05) is 0 Å². The molecular weight excluding hydrogens is 224 g/mol. The van der Waals surface area contributed by atoms with Crippen molar-refractivity contribution < 1.29 is 19.8 Å². The lowest BCUT2D eigenvalue weighted by molar-refractivity contribution is -0.145. The smallest absolute Gasteiger partial charge is 0.328 e. The maximum Gasteiger partial charge on any atom is 0.328 e. The highest BCUT2D eigenvalue weighted by molar-refractivity contribution is 5.87. The van der Waals surface area contributed by atoms with Gasteiger partial charge in [0.1, 0.15) is 0 Å². The van der Waals surface area contributed by atoms with Crippen molar-refractivity contribution in [1.82, 2.24) is 10.6 Å². The maximum atomic E-state index is 11.8. The normalized spacial score (nSPS) is 28.2. The summed E-state index contributed by atoms with van der Waals surface area (Å²) in [6.07, 6.45) is 0.595. The monoisotopic (exact) mass is 244 g/mol. The Hall–Kier alpha value is -1.14. The van der Waals surface area contributed by atoms with Crippen molar-refractivity contribution >= 4 is 11.9 Å². The molecule has 4 atom stereocenters. The first kappa shape index (κ1) is 13.9. The molecule has 98 valence electrons. The van der Waals surface area contributed by atoms with Crippen LogP contribution in [-0.4, -0.2) is 46.8 Å². The molecule has 1 rings (SSSR count). The molecule has 6 nitrogen and oxygen atoms in total. The highest BCUT2D eigenvalue weighted by atomic mass is 16.4. The van der Waals surface area contributed by atoms with Crippen molar-refractivity contribution in [2.45, 2.75) is 44.9 Å². The van der Waals surface area contributed by atoms with Crippen molar-refractivity contribution in [3.8, 4) is 0 Å². The number of hydrogen-bond donors (Lipinski definition) is 4. The first-order valence-electron chi connectivity index (χ1n) is 5.86. The third-order valence-electron chi connectivity index (χ3n) is 3.03. The van der Waals surface area contributed by atoms with Crippen molar-refractivity contribution in [2.75, 3.05) is 6.54 Å². The molecule has 17 heavy (non-hydrogen) atoms. The number of carboxylic acid groups (broad SMARTS) is 1. The predicted molar refractivity (Wildman–Crippen MR) is 61.4 cm³/mol. The quantitative estimate of drug-likeness (QED) is 0.525. The van der Waals surface area contributed by atoms with E-state index < -0.39 is 18.1 Å². The van der Waals surface area contributed by atoms with Crippen LogP contribution in [0.25, 0.3) is 0 Å². The predicted octanol–water partition coefficient (Wildman–Crippen LogP) is -0.675. The highest BCUT2D eigenvalue weighted by Crippen LogP contribution is 2.15. The molecule has 0 radical (unpaired) electrons. The third kappa shape index (κ3) is 3.98. The van der Waals surface area contributed by atoms with Crippen molar-refractivity contribution in [1.29, 1.82) is 0 Å². The Labute approximate surface area is 100 Å². The van der Waals surface area contributed by atoms with Crippen LogP contribution in [0.3, 0.4) is 0 Å². The molecular formula is C11H20N2O4. The van der Waals surface area contributed by atoms with E-state index in [2.05, 4.69) is 17.6 Å². The topological polar surface area (TPSA) is 98.7 Å². The standard InChI is InChI=1S/C11H20N2O4/c1-6-3-4-12-8(5-6)10(15)13-9(7(2)14)11(16)17/h6-9,12,14H,3-5H2,1-2H3,(H,13,15)(H,16,17)/t6?,7-,8?,9+/m1/s1. The highest BCUT2D eigenvalue weighted by Gasteiger charge is 2.30. The van der Waals surface area contributed by atoms with Crippen LogP contribution in [0.15, 0.2) is 0 Å². The molecule has 1 amide bonds. The van der Waals surface area contributed by atoms with E-state index in [1.165, 1.54) is 6.92 Å². The van der Waals surface area contributed by atoms with E-state index in [9.17, 15) is 14.7 Å². The number of aliphatic hydroxyl groups excluding tert-OH is 1. The fraction of sp³-hybridized carbons (Fsp3) is 0.818. The van der Waals surface area contributed by atoms with Crippen molar-refractivity contribution in [3.63, 3.8) is 0 Å². The number of carboxylic acids is 1. The van der Waals surface area contributed by atoms with Crippen LogP contribution in [0, 0.1) is 5.92 Å². The average Bonchev–Trinajstić information content (AvgIpc) is 2.24. The lowest BCUT2D eigenvalue weighted by Gasteiger charge is -2.28. The van der Waals surface area contributed by atoms with Gasteiger partial charge in [0.05, 0.1) is 12.1 Å². The zero-order valence-corrected chi connectivity index (χ0v) is 10.1. The molecule has 2 unspecified atom stereocenters. The molecule has 0 aromatic carbocycles. The van der Waals surface area contributed by atoms with Gasteiger partial charge in [0.2, 0.25) is 5.91 Å². The molecule has 0 bridgehead atoms. The van der Waals surface area contributed by atoms with Gasteiger partial charge < -0.3 is 20.8 Å². The largest absolute Gasteiger partial charge is 0.480 e. The first-order valence-corrected chi connectivity index (χ1v) is 5.86. The Morgan fingerprint density at radius 1 is 1.47 bits per heavy atom. The van der Waals surface area contributed by atoms with Gasteiger partial charge in [0, 0.05) is 0 Å². The van der Waals surface area contributed by atoms with Crippen molar-refractivity contribution in [3.05, 3.63) is 0 Å². The second kappa shape index (κ2) is 5.97. The Kier molecular flexibility index (Phi) is 4.89. The number of piperidine rings is 1. The van der Waals surface area contributed by atoms with Crippen LogP contribution in [0.4, 0.5) is 0 Å². The van der Waals surface area contributed by atoms with Crippen LogP contribution in [0.1, 0.15) is 26.7 Å². The second-order valence-corrected chi connectivity index (χ2v) is 4.70. The van der Waals surface area contributed by atoms with Gasteiger partial charge in [-0.2, -0.15) is 0 Å². The lowest BCUT2D eigenvalue weighted by Crippen LogP contribution is -2.55. The zero-order valence-electron chi connectivity index (χ0n) is 10.1. The fourth-order valence-corrected chi connectivity index (χ4v) is 1.95. The van der Waals surface area contributed by atoms with Gasteiger partial charge >= 0.3 is 5.97 Å². The molecule has 4 N–H and O–H groups in total. The van der Waals surface area contributed by atoms with Gasteiger partial charge in [-0.05, 0) is 32.2 Å². The van der Waals surface area contributed by atoms with E-state index in [-0.39, 0.29) is 11.9 Å². The molecule has 1 aliphatic rings. The molecule has 0 aromatic heterocycles. The van der Waals surface area contributed by atoms with Crippen LogP contribution in [0.2, 0.25) is 0 Å². The van der Waals surface area contributed by atoms with Gasteiger partial charge in [-0.1, -0.05) is 6.92 Å². The van der Waals surface area contributed by atoms with E-state index in [0.717, 1.165) is 13.0 Å². The number of rotatable bonds is 4. The summed E-state index contributed by atoms with van der Waals surface area (Å²) >= 11 is 0. The second-order valence-electron chi connectivity index (χ2n) is 4.70. The molecule has 6 heteroatoms. The van der Waals surface area contributed by atoms with E-state index in [1.54, 1.807) is 0 Å². The summed E-state index contributed by atoms with van der Waals surface area (Å²) in [6, 6.07) is -1.61. The minimum Gasteiger partial charge on any atom is -0.480 e. The minimum atomic E-state index is -1.25.